The van der Waals surface area contributed by atoms with E-state index in [0.29, 0.717) is 17.8 Å². The van der Waals surface area contributed by atoms with Crippen LogP contribution < -0.4 is 11.1 Å². The summed E-state index contributed by atoms with van der Waals surface area (Å²) in [6.45, 7) is 4.18. The van der Waals surface area contributed by atoms with Crippen molar-refractivity contribution in [3.8, 4) is 0 Å². The van der Waals surface area contributed by atoms with Crippen LogP contribution in [0, 0.1) is 5.92 Å². The number of rotatable bonds is 5. The highest BCUT2D eigenvalue weighted by atomic mass is 16.2. The summed E-state index contributed by atoms with van der Waals surface area (Å²) in [4.78, 5) is 37.2. The van der Waals surface area contributed by atoms with E-state index < -0.39 is 0 Å². The second-order valence-corrected chi connectivity index (χ2v) is 6.11. The Balaban J connectivity index is 2.01. The lowest BCUT2D eigenvalue weighted by molar-refractivity contribution is -0.126. The molecule has 0 aromatic heterocycles. The molecule has 0 aliphatic carbocycles. The standard InChI is InChI=1S/C17H23N3O3/c1-11-7-8-13(17(18)23)9-20(11)10-16(22)19-15-6-4-3-5-14(15)12(2)21/h3-6,11,13H,7-10H2,1-2H3,(H2,18,23)(H,19,22)/t11-,13+/m1/s1. The lowest BCUT2D eigenvalue weighted by Gasteiger charge is -2.36. The van der Waals surface area contributed by atoms with Crippen LogP contribution in [0.1, 0.15) is 37.0 Å². The van der Waals surface area contributed by atoms with Crippen molar-refractivity contribution in [3.05, 3.63) is 29.8 Å². The van der Waals surface area contributed by atoms with Crippen molar-refractivity contribution in [2.75, 3.05) is 18.4 Å². The highest BCUT2D eigenvalue weighted by molar-refractivity contribution is 6.04. The Morgan fingerprint density at radius 2 is 1.96 bits per heavy atom. The Labute approximate surface area is 136 Å². The van der Waals surface area contributed by atoms with E-state index in [4.69, 9.17) is 5.73 Å². The fourth-order valence-corrected chi connectivity index (χ4v) is 2.91. The van der Waals surface area contributed by atoms with Crippen LogP contribution in [0.2, 0.25) is 0 Å². The number of anilines is 1. The number of amides is 2. The van der Waals surface area contributed by atoms with E-state index in [-0.39, 0.29) is 36.1 Å². The first-order valence-corrected chi connectivity index (χ1v) is 7.81. The number of likely N-dealkylation sites (tertiary alicyclic amines) is 1. The van der Waals surface area contributed by atoms with Gasteiger partial charge in [0.05, 0.1) is 18.2 Å². The number of Topliss-reactive ketones (excluding diaryl/α,β-unsaturated/α-hetero) is 1. The van der Waals surface area contributed by atoms with E-state index in [0.717, 1.165) is 12.8 Å². The molecule has 2 amide bonds. The molecule has 0 saturated carbocycles. The third kappa shape index (κ3) is 4.39. The Morgan fingerprint density at radius 3 is 2.61 bits per heavy atom. The fourth-order valence-electron chi connectivity index (χ4n) is 2.91. The molecule has 1 aliphatic heterocycles. The predicted molar refractivity (Wildman–Crippen MR) is 88.0 cm³/mol. The third-order valence-electron chi connectivity index (χ3n) is 4.34. The summed E-state index contributed by atoms with van der Waals surface area (Å²) >= 11 is 0. The molecule has 1 heterocycles. The van der Waals surface area contributed by atoms with Crippen molar-refractivity contribution in [1.29, 1.82) is 0 Å². The van der Waals surface area contributed by atoms with Gasteiger partial charge in [-0.25, -0.2) is 0 Å². The van der Waals surface area contributed by atoms with Crippen LogP contribution in [0.25, 0.3) is 0 Å². The van der Waals surface area contributed by atoms with Gasteiger partial charge in [-0.05, 0) is 38.8 Å². The van der Waals surface area contributed by atoms with E-state index in [9.17, 15) is 14.4 Å². The fraction of sp³-hybridized carbons (Fsp3) is 0.471. The second kappa shape index (κ2) is 7.37. The van der Waals surface area contributed by atoms with Gasteiger partial charge in [-0.2, -0.15) is 0 Å². The lowest BCUT2D eigenvalue weighted by atomic mass is 9.93. The van der Waals surface area contributed by atoms with Gasteiger partial charge in [0.15, 0.2) is 5.78 Å². The molecule has 1 saturated heterocycles. The van der Waals surface area contributed by atoms with Crippen LogP contribution in [0.15, 0.2) is 24.3 Å². The molecule has 1 aromatic carbocycles. The monoisotopic (exact) mass is 317 g/mol. The number of nitrogens with two attached hydrogens (primary N) is 1. The van der Waals surface area contributed by atoms with Gasteiger partial charge in [0.2, 0.25) is 11.8 Å². The molecule has 0 bridgehead atoms. The second-order valence-electron chi connectivity index (χ2n) is 6.11. The summed E-state index contributed by atoms with van der Waals surface area (Å²) in [5.74, 6) is -0.815. The van der Waals surface area contributed by atoms with Gasteiger partial charge in [0.1, 0.15) is 0 Å². The number of carbonyl (C=O) groups excluding carboxylic acids is 3. The first-order chi connectivity index (χ1) is 10.9. The van der Waals surface area contributed by atoms with E-state index in [1.807, 2.05) is 11.8 Å². The smallest absolute Gasteiger partial charge is 0.238 e. The molecular formula is C17H23N3O3. The van der Waals surface area contributed by atoms with Crippen molar-refractivity contribution >= 4 is 23.3 Å². The zero-order chi connectivity index (χ0) is 17.0. The molecule has 124 valence electrons. The maximum atomic E-state index is 12.3. The molecule has 0 radical (unpaired) electrons. The van der Waals surface area contributed by atoms with E-state index in [2.05, 4.69) is 5.32 Å². The summed E-state index contributed by atoms with van der Waals surface area (Å²) in [5.41, 5.74) is 6.38. The van der Waals surface area contributed by atoms with Gasteiger partial charge >= 0.3 is 0 Å². The van der Waals surface area contributed by atoms with Crippen molar-refractivity contribution < 1.29 is 14.4 Å². The number of primary amides is 1. The first kappa shape index (κ1) is 17.1. The molecule has 6 heteroatoms. The highest BCUT2D eigenvalue weighted by Crippen LogP contribution is 2.22. The number of carbonyl (C=O) groups is 3. The van der Waals surface area contributed by atoms with Crippen molar-refractivity contribution in [2.45, 2.75) is 32.7 Å². The summed E-state index contributed by atoms with van der Waals surface area (Å²) in [7, 11) is 0. The molecule has 1 aromatic rings. The molecule has 0 unspecified atom stereocenters. The predicted octanol–water partition coefficient (Wildman–Crippen LogP) is 1.41. The van der Waals surface area contributed by atoms with Crippen molar-refractivity contribution in [2.24, 2.45) is 11.7 Å². The van der Waals surface area contributed by atoms with Gasteiger partial charge in [-0.1, -0.05) is 12.1 Å². The Kier molecular flexibility index (Phi) is 5.50. The summed E-state index contributed by atoms with van der Waals surface area (Å²) in [5, 5.41) is 2.79. The van der Waals surface area contributed by atoms with Crippen molar-refractivity contribution in [3.63, 3.8) is 0 Å². The minimum Gasteiger partial charge on any atom is -0.369 e. The number of hydrogen-bond donors (Lipinski definition) is 2. The van der Waals surface area contributed by atoms with Gasteiger partial charge < -0.3 is 11.1 Å². The Morgan fingerprint density at radius 1 is 1.26 bits per heavy atom. The van der Waals surface area contributed by atoms with Gasteiger partial charge in [0.25, 0.3) is 0 Å². The zero-order valence-electron chi connectivity index (χ0n) is 13.5. The molecule has 0 spiro atoms. The van der Waals surface area contributed by atoms with E-state index >= 15 is 0 Å². The Bertz CT molecular complexity index is 615. The van der Waals surface area contributed by atoms with Crippen LogP contribution in [0.3, 0.4) is 0 Å². The number of para-hydroxylation sites is 1. The average molecular weight is 317 g/mol. The normalized spacial score (nSPS) is 21.7. The van der Waals surface area contributed by atoms with Crippen LogP contribution in [0.4, 0.5) is 5.69 Å². The van der Waals surface area contributed by atoms with Crippen LogP contribution in [-0.2, 0) is 9.59 Å². The van der Waals surface area contributed by atoms with Gasteiger partial charge in [-0.3, -0.25) is 19.3 Å². The average Bonchev–Trinajstić information content (AvgIpc) is 2.49. The third-order valence-corrected chi connectivity index (χ3v) is 4.34. The van der Waals surface area contributed by atoms with Crippen LogP contribution >= 0.6 is 0 Å². The molecule has 23 heavy (non-hydrogen) atoms. The molecule has 3 N–H and O–H groups in total. The number of piperidine rings is 1. The molecule has 1 aliphatic rings. The Hall–Kier alpha value is -2.21. The number of benzene rings is 1. The summed E-state index contributed by atoms with van der Waals surface area (Å²) in [6.07, 6.45) is 1.60. The van der Waals surface area contributed by atoms with Gasteiger partial charge in [-0.15, -0.1) is 0 Å². The first-order valence-electron chi connectivity index (χ1n) is 7.81. The topological polar surface area (TPSA) is 92.5 Å². The highest BCUT2D eigenvalue weighted by Gasteiger charge is 2.29. The SMILES string of the molecule is CC(=O)c1ccccc1NC(=O)CN1C[C@@H](C(N)=O)CC[C@H]1C. The molecule has 2 atom stereocenters. The van der Waals surface area contributed by atoms with Crippen molar-refractivity contribution in [1.82, 2.24) is 4.90 Å². The van der Waals surface area contributed by atoms with Gasteiger partial charge in [0, 0.05) is 18.2 Å². The summed E-state index contributed by atoms with van der Waals surface area (Å²) < 4.78 is 0. The minimum atomic E-state index is -0.316. The lowest BCUT2D eigenvalue weighted by Crippen LogP contribution is -2.48. The van der Waals surface area contributed by atoms with Crippen LogP contribution in [0.5, 0.6) is 0 Å². The zero-order valence-corrected chi connectivity index (χ0v) is 13.5. The van der Waals surface area contributed by atoms with E-state index in [1.54, 1.807) is 24.3 Å². The molecule has 6 nitrogen and oxygen atoms in total. The summed E-state index contributed by atoms with van der Waals surface area (Å²) in [6, 6.07) is 7.15. The number of nitrogens with zero attached hydrogens (tertiary/aromatic N) is 1. The maximum Gasteiger partial charge on any atom is 0.238 e. The number of nitrogens with one attached hydrogen (secondary N) is 1. The molecule has 1 fully saturated rings. The molecular weight excluding hydrogens is 294 g/mol. The van der Waals surface area contributed by atoms with E-state index in [1.165, 1.54) is 6.92 Å². The minimum absolute atomic E-state index is 0.0963. The van der Waals surface area contributed by atoms with Crippen LogP contribution in [-0.4, -0.2) is 41.6 Å². The molecule has 2 rings (SSSR count). The maximum absolute atomic E-state index is 12.3. The largest absolute Gasteiger partial charge is 0.369 e. The number of ketones is 1. The number of hydrogen-bond acceptors (Lipinski definition) is 4. The quantitative estimate of drug-likeness (QED) is 0.803.